The Morgan fingerprint density at radius 1 is 1.17 bits per heavy atom. The number of nitrogens with zero attached hydrogens (tertiary/aromatic N) is 3. The minimum absolute atomic E-state index is 0.306. The smallest absolute Gasteiger partial charge is 0.247 e. The number of ether oxygens (including phenoxy) is 1. The molecule has 0 bridgehead atoms. The molecule has 0 aliphatic heterocycles. The first-order chi connectivity index (χ1) is 17.5. The summed E-state index contributed by atoms with van der Waals surface area (Å²) in [5.41, 5.74) is 4.77. The van der Waals surface area contributed by atoms with Crippen LogP contribution >= 0.6 is 0 Å². The second-order valence-electron chi connectivity index (χ2n) is 8.51. The lowest BCUT2D eigenvalue weighted by Gasteiger charge is -2.18. The summed E-state index contributed by atoms with van der Waals surface area (Å²) in [6.45, 7) is 5.24. The predicted octanol–water partition coefficient (Wildman–Crippen LogP) is 4.87. The number of methoxy groups -OCH3 is 1. The van der Waals surface area contributed by atoms with Crippen LogP contribution in [-0.2, 0) is 4.79 Å². The quantitative estimate of drug-likeness (QED) is 0.177. The highest BCUT2D eigenvalue weighted by molar-refractivity contribution is 6.02. The van der Waals surface area contributed by atoms with Gasteiger partial charge in [0.05, 0.1) is 29.9 Å². The number of anilines is 4. The molecule has 9 heteroatoms. The monoisotopic (exact) mass is 485 g/mol. The number of hydrogen-bond acceptors (Lipinski definition) is 7. The Hall–Kier alpha value is -4.37. The Balaban J connectivity index is 1.63. The molecule has 36 heavy (non-hydrogen) atoms. The van der Waals surface area contributed by atoms with E-state index in [9.17, 15) is 4.79 Å². The molecule has 0 saturated heterocycles. The first kappa shape index (κ1) is 24.7. The van der Waals surface area contributed by atoms with Gasteiger partial charge in [0.25, 0.3) is 0 Å². The topological polar surface area (TPSA) is 107 Å². The van der Waals surface area contributed by atoms with Gasteiger partial charge in [-0.15, -0.1) is 0 Å². The Morgan fingerprint density at radius 3 is 2.78 bits per heavy atom. The van der Waals surface area contributed by atoms with E-state index in [0.717, 1.165) is 47.4 Å². The minimum Gasteiger partial charge on any atom is -0.494 e. The molecular formula is C27H31N7O2. The van der Waals surface area contributed by atoms with Crippen LogP contribution < -0.4 is 20.7 Å². The van der Waals surface area contributed by atoms with Gasteiger partial charge >= 0.3 is 0 Å². The number of nitrogens with one attached hydrogen (secondary N) is 4. The number of aromatic nitrogens is 3. The number of carbonyl (C=O) groups excluding carboxylic acids is 1. The largest absolute Gasteiger partial charge is 0.494 e. The van der Waals surface area contributed by atoms with Gasteiger partial charge in [-0.05, 0) is 51.3 Å². The van der Waals surface area contributed by atoms with Crippen LogP contribution in [0.15, 0.2) is 67.5 Å². The maximum Gasteiger partial charge on any atom is 0.247 e. The molecule has 9 nitrogen and oxygen atoms in total. The molecule has 0 aliphatic rings. The standard InChI is InChI=1S/C27H31N7O2/c1-5-26(35)31-23-15-24(25(36-4)16-22(23)28-12-8-14-34(2)3)33-27-29-13-11-21(32-27)19-17-30-20-10-7-6-9-18(19)20/h5-7,9-11,13,15-17,28,30H,1,8,12,14H2,2-4H3,(H,31,35)(H,29,32,33). The summed E-state index contributed by atoms with van der Waals surface area (Å²) in [5.74, 6) is 0.687. The molecule has 0 atom stereocenters. The van der Waals surface area contributed by atoms with Gasteiger partial charge in [-0.3, -0.25) is 4.79 Å². The third-order valence-corrected chi connectivity index (χ3v) is 5.65. The van der Waals surface area contributed by atoms with E-state index in [-0.39, 0.29) is 5.91 Å². The van der Waals surface area contributed by atoms with Gasteiger partial charge in [0.2, 0.25) is 11.9 Å². The molecule has 0 radical (unpaired) electrons. The van der Waals surface area contributed by atoms with Crippen molar-refractivity contribution in [3.8, 4) is 17.0 Å². The molecule has 186 valence electrons. The van der Waals surface area contributed by atoms with Crippen molar-refractivity contribution in [2.45, 2.75) is 6.42 Å². The van der Waals surface area contributed by atoms with Crippen LogP contribution in [-0.4, -0.2) is 60.1 Å². The molecule has 2 heterocycles. The molecule has 4 N–H and O–H groups in total. The van der Waals surface area contributed by atoms with Gasteiger partial charge in [0, 0.05) is 41.5 Å². The Morgan fingerprint density at radius 2 is 2.00 bits per heavy atom. The summed E-state index contributed by atoms with van der Waals surface area (Å²) >= 11 is 0. The fraction of sp³-hybridized carbons (Fsp3) is 0.222. The molecule has 0 spiro atoms. The molecule has 0 aliphatic carbocycles. The number of para-hydroxylation sites is 1. The van der Waals surface area contributed by atoms with Crippen LogP contribution in [0, 0.1) is 0 Å². The number of aromatic amines is 1. The van der Waals surface area contributed by atoms with E-state index in [2.05, 4.69) is 43.5 Å². The van der Waals surface area contributed by atoms with Crippen molar-refractivity contribution in [2.24, 2.45) is 0 Å². The third kappa shape index (κ3) is 5.81. The summed E-state index contributed by atoms with van der Waals surface area (Å²) < 4.78 is 5.65. The van der Waals surface area contributed by atoms with E-state index in [4.69, 9.17) is 9.72 Å². The van der Waals surface area contributed by atoms with E-state index in [0.29, 0.717) is 23.1 Å². The average molecular weight is 486 g/mol. The number of carbonyl (C=O) groups is 1. The second kappa shape index (κ2) is 11.4. The van der Waals surface area contributed by atoms with Crippen LogP contribution in [0.2, 0.25) is 0 Å². The fourth-order valence-electron chi connectivity index (χ4n) is 3.87. The van der Waals surface area contributed by atoms with E-state index in [1.165, 1.54) is 6.08 Å². The van der Waals surface area contributed by atoms with Crippen molar-refractivity contribution in [1.82, 2.24) is 19.9 Å². The van der Waals surface area contributed by atoms with Gasteiger partial charge in [-0.2, -0.15) is 0 Å². The molecule has 4 aromatic rings. The highest BCUT2D eigenvalue weighted by Gasteiger charge is 2.14. The highest BCUT2D eigenvalue weighted by Crippen LogP contribution is 2.36. The van der Waals surface area contributed by atoms with Gasteiger partial charge in [-0.1, -0.05) is 24.8 Å². The van der Waals surface area contributed by atoms with Crippen LogP contribution in [0.25, 0.3) is 22.2 Å². The lowest BCUT2D eigenvalue weighted by atomic mass is 10.1. The number of rotatable bonds is 11. The summed E-state index contributed by atoms with van der Waals surface area (Å²) in [4.78, 5) is 26.6. The first-order valence-electron chi connectivity index (χ1n) is 11.7. The van der Waals surface area contributed by atoms with E-state index in [1.807, 2.05) is 50.6 Å². The molecule has 0 saturated carbocycles. The number of amides is 1. The van der Waals surface area contributed by atoms with Crippen molar-refractivity contribution in [3.63, 3.8) is 0 Å². The summed E-state index contributed by atoms with van der Waals surface area (Å²) in [6.07, 6.45) is 5.83. The number of H-pyrrole nitrogens is 1. The number of fused-ring (bicyclic) bond motifs is 1. The van der Waals surface area contributed by atoms with Crippen LogP contribution in [0.5, 0.6) is 5.75 Å². The average Bonchev–Trinajstić information content (AvgIpc) is 3.32. The lowest BCUT2D eigenvalue weighted by Crippen LogP contribution is -2.17. The third-order valence-electron chi connectivity index (χ3n) is 5.65. The van der Waals surface area contributed by atoms with Gasteiger partial charge in [0.15, 0.2) is 0 Å². The number of benzene rings is 2. The molecular weight excluding hydrogens is 454 g/mol. The van der Waals surface area contributed by atoms with Gasteiger partial charge in [0.1, 0.15) is 5.75 Å². The Labute approximate surface area is 210 Å². The Kier molecular flexibility index (Phi) is 7.82. The van der Waals surface area contributed by atoms with Crippen molar-refractivity contribution in [1.29, 1.82) is 0 Å². The van der Waals surface area contributed by atoms with E-state index < -0.39 is 0 Å². The molecule has 2 aromatic heterocycles. The predicted molar refractivity (Wildman–Crippen MR) is 146 cm³/mol. The van der Waals surface area contributed by atoms with Crippen LogP contribution in [0.1, 0.15) is 6.42 Å². The first-order valence-corrected chi connectivity index (χ1v) is 11.7. The molecule has 2 aromatic carbocycles. The van der Waals surface area contributed by atoms with Gasteiger partial charge < -0.3 is 30.6 Å². The van der Waals surface area contributed by atoms with E-state index in [1.54, 1.807) is 19.4 Å². The van der Waals surface area contributed by atoms with Crippen LogP contribution in [0.4, 0.5) is 23.0 Å². The van der Waals surface area contributed by atoms with Crippen molar-refractivity contribution in [3.05, 3.63) is 67.5 Å². The minimum atomic E-state index is -0.306. The zero-order valence-electron chi connectivity index (χ0n) is 20.8. The van der Waals surface area contributed by atoms with Crippen molar-refractivity contribution in [2.75, 3.05) is 50.2 Å². The maximum absolute atomic E-state index is 12.1. The summed E-state index contributed by atoms with van der Waals surface area (Å²) in [7, 11) is 5.67. The van der Waals surface area contributed by atoms with Crippen LogP contribution in [0.3, 0.4) is 0 Å². The molecule has 0 unspecified atom stereocenters. The second-order valence-corrected chi connectivity index (χ2v) is 8.51. The van der Waals surface area contributed by atoms with Crippen molar-refractivity contribution >= 4 is 39.8 Å². The Bertz CT molecular complexity index is 1360. The molecule has 0 fully saturated rings. The number of hydrogen-bond donors (Lipinski definition) is 4. The molecule has 1 amide bonds. The van der Waals surface area contributed by atoms with Gasteiger partial charge in [-0.25, -0.2) is 9.97 Å². The SMILES string of the molecule is C=CC(=O)Nc1cc(Nc2nccc(-c3c[nH]c4ccccc34)n2)c(OC)cc1NCCCN(C)C. The van der Waals surface area contributed by atoms with Crippen molar-refractivity contribution < 1.29 is 9.53 Å². The normalized spacial score (nSPS) is 10.9. The summed E-state index contributed by atoms with van der Waals surface area (Å²) in [6, 6.07) is 13.6. The summed E-state index contributed by atoms with van der Waals surface area (Å²) in [5, 5.41) is 10.6. The maximum atomic E-state index is 12.1. The zero-order valence-corrected chi connectivity index (χ0v) is 20.8. The lowest BCUT2D eigenvalue weighted by molar-refractivity contribution is -0.111. The fourth-order valence-corrected chi connectivity index (χ4v) is 3.87. The zero-order chi connectivity index (χ0) is 25.5. The highest BCUT2D eigenvalue weighted by atomic mass is 16.5. The van der Waals surface area contributed by atoms with E-state index >= 15 is 0 Å². The molecule has 4 rings (SSSR count).